The van der Waals surface area contributed by atoms with E-state index in [9.17, 15) is 0 Å². The minimum atomic E-state index is 0.380. The van der Waals surface area contributed by atoms with Gasteiger partial charge >= 0.3 is 0 Å². The molecule has 0 aliphatic heterocycles. The van der Waals surface area contributed by atoms with E-state index in [1.807, 2.05) is 6.07 Å². The number of benzene rings is 1. The molecule has 1 aromatic carbocycles. The smallest absolute Gasteiger partial charge is 0.119 e. The second kappa shape index (κ2) is 7.54. The summed E-state index contributed by atoms with van der Waals surface area (Å²) in [4.78, 5) is 0. The van der Waals surface area contributed by atoms with E-state index in [1.54, 1.807) is 7.11 Å². The molecule has 0 amide bonds. The molecule has 19 heavy (non-hydrogen) atoms. The molecular formula is C17H29NO. The van der Waals surface area contributed by atoms with Crippen molar-refractivity contribution in [1.29, 1.82) is 0 Å². The number of rotatable bonds is 7. The van der Waals surface area contributed by atoms with E-state index < -0.39 is 0 Å². The molecule has 1 unspecified atom stereocenters. The predicted octanol–water partition coefficient (Wildman–Crippen LogP) is 4.56. The highest BCUT2D eigenvalue weighted by Gasteiger charge is 2.16. The zero-order valence-electron chi connectivity index (χ0n) is 13.1. The quantitative estimate of drug-likeness (QED) is 0.778. The minimum Gasteiger partial charge on any atom is -0.497 e. The van der Waals surface area contributed by atoms with Crippen molar-refractivity contribution < 1.29 is 4.74 Å². The van der Waals surface area contributed by atoms with E-state index in [-0.39, 0.29) is 0 Å². The minimum absolute atomic E-state index is 0.380. The monoisotopic (exact) mass is 263 g/mol. The summed E-state index contributed by atoms with van der Waals surface area (Å²) in [5.41, 5.74) is 1.71. The van der Waals surface area contributed by atoms with Crippen LogP contribution in [0.25, 0.3) is 0 Å². The van der Waals surface area contributed by atoms with Gasteiger partial charge in [0.15, 0.2) is 0 Å². The number of methoxy groups -OCH3 is 1. The van der Waals surface area contributed by atoms with Gasteiger partial charge in [0.1, 0.15) is 5.75 Å². The van der Waals surface area contributed by atoms with Crippen molar-refractivity contribution in [2.75, 3.05) is 13.7 Å². The largest absolute Gasteiger partial charge is 0.497 e. The van der Waals surface area contributed by atoms with Crippen LogP contribution in [0.5, 0.6) is 5.75 Å². The fraction of sp³-hybridized carbons (Fsp3) is 0.647. The molecule has 0 fully saturated rings. The van der Waals surface area contributed by atoms with Gasteiger partial charge in [0.2, 0.25) is 0 Å². The summed E-state index contributed by atoms with van der Waals surface area (Å²) in [5, 5.41) is 3.65. The van der Waals surface area contributed by atoms with Gasteiger partial charge in [-0.05, 0) is 48.9 Å². The number of hydrogen-bond acceptors (Lipinski definition) is 2. The van der Waals surface area contributed by atoms with Gasteiger partial charge in [0.25, 0.3) is 0 Å². The average molecular weight is 263 g/mol. The Labute approximate surface area is 118 Å². The molecule has 0 radical (unpaired) electrons. The lowest BCUT2D eigenvalue weighted by Gasteiger charge is -2.24. The number of ether oxygens (including phenoxy) is 1. The first-order chi connectivity index (χ1) is 8.96. The van der Waals surface area contributed by atoms with Crippen molar-refractivity contribution in [1.82, 2.24) is 5.32 Å². The molecule has 2 nitrogen and oxygen atoms in total. The molecule has 0 saturated carbocycles. The summed E-state index contributed by atoms with van der Waals surface area (Å²) in [7, 11) is 1.72. The van der Waals surface area contributed by atoms with Crippen LogP contribution in [0.2, 0.25) is 0 Å². The van der Waals surface area contributed by atoms with Gasteiger partial charge in [0.05, 0.1) is 7.11 Å². The molecule has 0 aromatic heterocycles. The van der Waals surface area contributed by atoms with E-state index >= 15 is 0 Å². The van der Waals surface area contributed by atoms with E-state index in [0.717, 1.165) is 25.1 Å². The Morgan fingerprint density at radius 1 is 1.26 bits per heavy atom. The zero-order chi connectivity index (χ0) is 14.3. The number of hydrogen-bond donors (Lipinski definition) is 1. The van der Waals surface area contributed by atoms with Gasteiger partial charge in [-0.1, -0.05) is 39.8 Å². The third kappa shape index (κ3) is 6.11. The Morgan fingerprint density at radius 3 is 2.58 bits per heavy atom. The molecule has 2 heteroatoms. The van der Waals surface area contributed by atoms with Gasteiger partial charge in [-0.3, -0.25) is 0 Å². The normalized spacial score (nSPS) is 13.3. The summed E-state index contributed by atoms with van der Waals surface area (Å²) in [5.74, 6) is 0.941. The summed E-state index contributed by atoms with van der Waals surface area (Å²) < 4.78 is 5.33. The molecule has 0 aliphatic rings. The van der Waals surface area contributed by atoms with Crippen molar-refractivity contribution in [3.8, 4) is 5.75 Å². The second-order valence-corrected chi connectivity index (χ2v) is 6.38. The average Bonchev–Trinajstić information content (AvgIpc) is 2.38. The number of nitrogens with one attached hydrogen (secondary N) is 1. The van der Waals surface area contributed by atoms with Crippen LogP contribution in [-0.2, 0) is 0 Å². The predicted molar refractivity (Wildman–Crippen MR) is 82.7 cm³/mol. The molecule has 108 valence electrons. The van der Waals surface area contributed by atoms with E-state index in [0.29, 0.717) is 11.5 Å². The maximum absolute atomic E-state index is 5.33. The van der Waals surface area contributed by atoms with E-state index in [2.05, 4.69) is 51.2 Å². The fourth-order valence-corrected chi connectivity index (χ4v) is 2.14. The summed E-state index contributed by atoms with van der Waals surface area (Å²) in [6, 6.07) is 8.85. The third-order valence-corrected chi connectivity index (χ3v) is 3.32. The summed E-state index contributed by atoms with van der Waals surface area (Å²) in [6.07, 6.45) is 3.54. The standard InChI is InChI=1S/C17H29NO/c1-6-12-18-16(10-11-17(2,3)4)14-8-7-9-15(13-14)19-5/h7-9,13,16,18H,6,10-12H2,1-5H3. The zero-order valence-corrected chi connectivity index (χ0v) is 13.1. The van der Waals surface area contributed by atoms with Crippen LogP contribution in [0.15, 0.2) is 24.3 Å². The van der Waals surface area contributed by atoms with Crippen molar-refractivity contribution in [3.63, 3.8) is 0 Å². The molecule has 0 saturated heterocycles. The third-order valence-electron chi connectivity index (χ3n) is 3.32. The first-order valence-electron chi connectivity index (χ1n) is 7.33. The van der Waals surface area contributed by atoms with Crippen LogP contribution in [0.1, 0.15) is 58.6 Å². The molecular weight excluding hydrogens is 234 g/mol. The maximum Gasteiger partial charge on any atom is 0.119 e. The van der Waals surface area contributed by atoms with Crippen LogP contribution < -0.4 is 10.1 Å². The van der Waals surface area contributed by atoms with Gasteiger partial charge in [-0.25, -0.2) is 0 Å². The van der Waals surface area contributed by atoms with Crippen LogP contribution >= 0.6 is 0 Å². The first-order valence-corrected chi connectivity index (χ1v) is 7.33. The Hall–Kier alpha value is -1.02. The lowest BCUT2D eigenvalue weighted by Crippen LogP contribution is -2.23. The molecule has 1 atom stereocenters. The summed E-state index contributed by atoms with van der Waals surface area (Å²) in [6.45, 7) is 10.2. The SMILES string of the molecule is CCCNC(CCC(C)(C)C)c1cccc(OC)c1. The highest BCUT2D eigenvalue weighted by atomic mass is 16.5. The topological polar surface area (TPSA) is 21.3 Å². The molecule has 1 aromatic rings. The van der Waals surface area contributed by atoms with E-state index in [4.69, 9.17) is 4.74 Å². The summed E-state index contributed by atoms with van der Waals surface area (Å²) >= 11 is 0. The highest BCUT2D eigenvalue weighted by Crippen LogP contribution is 2.28. The Bertz CT molecular complexity index is 368. The molecule has 0 heterocycles. The highest BCUT2D eigenvalue weighted by molar-refractivity contribution is 5.30. The van der Waals surface area contributed by atoms with Crippen LogP contribution in [0.3, 0.4) is 0 Å². The first kappa shape index (κ1) is 16.0. The molecule has 0 aliphatic carbocycles. The van der Waals surface area contributed by atoms with Crippen LogP contribution in [0, 0.1) is 5.41 Å². The van der Waals surface area contributed by atoms with Gasteiger partial charge in [-0.15, -0.1) is 0 Å². The maximum atomic E-state index is 5.33. The van der Waals surface area contributed by atoms with Crippen molar-refractivity contribution in [2.24, 2.45) is 5.41 Å². The molecule has 1 rings (SSSR count). The molecule has 0 spiro atoms. The lowest BCUT2D eigenvalue weighted by atomic mass is 9.87. The van der Waals surface area contributed by atoms with Crippen molar-refractivity contribution >= 4 is 0 Å². The second-order valence-electron chi connectivity index (χ2n) is 6.38. The van der Waals surface area contributed by atoms with Crippen molar-refractivity contribution in [3.05, 3.63) is 29.8 Å². The fourth-order valence-electron chi connectivity index (χ4n) is 2.14. The Morgan fingerprint density at radius 2 is 2.00 bits per heavy atom. The lowest BCUT2D eigenvalue weighted by molar-refractivity contribution is 0.331. The van der Waals surface area contributed by atoms with Gasteiger partial charge in [0, 0.05) is 6.04 Å². The van der Waals surface area contributed by atoms with Gasteiger partial charge < -0.3 is 10.1 Å². The van der Waals surface area contributed by atoms with Gasteiger partial charge in [-0.2, -0.15) is 0 Å². The van der Waals surface area contributed by atoms with Crippen LogP contribution in [-0.4, -0.2) is 13.7 Å². The van der Waals surface area contributed by atoms with E-state index in [1.165, 1.54) is 12.0 Å². The van der Waals surface area contributed by atoms with Crippen molar-refractivity contribution in [2.45, 2.75) is 53.0 Å². The molecule has 0 bridgehead atoms. The molecule has 1 N–H and O–H groups in total. The Balaban J connectivity index is 2.76. The Kier molecular flexibility index (Phi) is 6.36. The van der Waals surface area contributed by atoms with Crippen LogP contribution in [0.4, 0.5) is 0 Å².